The second kappa shape index (κ2) is 5.18. The van der Waals surface area contributed by atoms with Crippen LogP contribution in [0.4, 0.5) is 0 Å². The molecule has 0 saturated heterocycles. The van der Waals surface area contributed by atoms with Crippen LogP contribution < -0.4 is 4.18 Å². The van der Waals surface area contributed by atoms with E-state index < -0.39 is 10.1 Å². The number of benzene rings is 2. The van der Waals surface area contributed by atoms with Gasteiger partial charge in [-0.3, -0.25) is 4.98 Å². The van der Waals surface area contributed by atoms with E-state index in [-0.39, 0.29) is 10.6 Å². The lowest BCUT2D eigenvalue weighted by atomic mass is 10.2. The Labute approximate surface area is 123 Å². The van der Waals surface area contributed by atoms with Crippen LogP contribution in [0.3, 0.4) is 0 Å². The molecule has 0 fully saturated rings. The van der Waals surface area contributed by atoms with E-state index in [0.29, 0.717) is 5.52 Å². The van der Waals surface area contributed by atoms with Crippen LogP contribution in [0.15, 0.2) is 65.7 Å². The van der Waals surface area contributed by atoms with E-state index in [9.17, 15) is 8.42 Å². The molecule has 0 saturated carbocycles. The van der Waals surface area contributed by atoms with Gasteiger partial charge in [-0.2, -0.15) is 8.42 Å². The van der Waals surface area contributed by atoms with Crippen molar-refractivity contribution in [2.24, 2.45) is 0 Å². The molecule has 0 bridgehead atoms. The van der Waals surface area contributed by atoms with Crippen molar-refractivity contribution in [3.05, 3.63) is 66.4 Å². The van der Waals surface area contributed by atoms with Crippen LogP contribution in [0, 0.1) is 6.92 Å². The van der Waals surface area contributed by atoms with Crippen molar-refractivity contribution >= 4 is 21.0 Å². The molecule has 0 aliphatic rings. The summed E-state index contributed by atoms with van der Waals surface area (Å²) >= 11 is 0. The highest BCUT2D eigenvalue weighted by atomic mass is 32.2. The fraction of sp³-hybridized carbons (Fsp3) is 0.0625. The summed E-state index contributed by atoms with van der Waals surface area (Å²) in [6.45, 7) is 1.90. The maximum absolute atomic E-state index is 12.2. The first-order chi connectivity index (χ1) is 10.0. The van der Waals surface area contributed by atoms with E-state index >= 15 is 0 Å². The third-order valence-electron chi connectivity index (χ3n) is 3.09. The van der Waals surface area contributed by atoms with Gasteiger partial charge in [-0.05, 0) is 37.3 Å². The van der Waals surface area contributed by atoms with Crippen molar-refractivity contribution in [1.29, 1.82) is 0 Å². The van der Waals surface area contributed by atoms with Crippen LogP contribution in [-0.4, -0.2) is 13.4 Å². The number of aromatic nitrogens is 1. The molecule has 3 aromatic rings. The molecule has 4 nitrogen and oxygen atoms in total. The largest absolute Gasteiger partial charge is 0.379 e. The molecule has 3 rings (SSSR count). The molecule has 106 valence electrons. The van der Waals surface area contributed by atoms with Crippen LogP contribution in [0.25, 0.3) is 10.9 Å². The molecule has 0 N–H and O–H groups in total. The minimum atomic E-state index is -3.83. The normalized spacial score (nSPS) is 11.5. The Morgan fingerprint density at radius 1 is 1.00 bits per heavy atom. The number of rotatable bonds is 3. The lowest BCUT2D eigenvalue weighted by Gasteiger charge is -2.08. The molecule has 0 unspecified atom stereocenters. The summed E-state index contributed by atoms with van der Waals surface area (Å²) in [5.74, 6) is 0.252. The number of hydrogen-bond acceptors (Lipinski definition) is 4. The first-order valence-electron chi connectivity index (χ1n) is 6.40. The van der Waals surface area contributed by atoms with Crippen LogP contribution in [0.1, 0.15) is 5.56 Å². The molecule has 0 spiro atoms. The predicted molar refractivity (Wildman–Crippen MR) is 80.7 cm³/mol. The van der Waals surface area contributed by atoms with E-state index in [1.165, 1.54) is 12.1 Å². The summed E-state index contributed by atoms with van der Waals surface area (Å²) in [5.41, 5.74) is 1.68. The van der Waals surface area contributed by atoms with Crippen LogP contribution in [-0.2, 0) is 10.1 Å². The number of fused-ring (bicyclic) bond motifs is 1. The minimum Gasteiger partial charge on any atom is -0.379 e. The summed E-state index contributed by atoms with van der Waals surface area (Å²) in [5, 5.41) is 0.928. The molecule has 2 aromatic carbocycles. The van der Waals surface area contributed by atoms with E-state index in [1.54, 1.807) is 36.5 Å². The van der Waals surface area contributed by atoms with Gasteiger partial charge in [-0.15, -0.1) is 0 Å². The Morgan fingerprint density at radius 3 is 2.52 bits per heavy atom. The lowest BCUT2D eigenvalue weighted by Crippen LogP contribution is -2.09. The maximum Gasteiger partial charge on any atom is 0.339 e. The van der Waals surface area contributed by atoms with Gasteiger partial charge in [0.05, 0.1) is 5.52 Å². The fourth-order valence-electron chi connectivity index (χ4n) is 1.98. The predicted octanol–water partition coefficient (Wildman–Crippen LogP) is 3.31. The molecule has 0 aliphatic carbocycles. The molecule has 1 heterocycles. The third-order valence-corrected chi connectivity index (χ3v) is 4.35. The Balaban J connectivity index is 1.95. The number of hydrogen-bond donors (Lipinski definition) is 0. The van der Waals surface area contributed by atoms with Gasteiger partial charge in [0.15, 0.2) is 0 Å². The highest BCUT2D eigenvalue weighted by Gasteiger charge is 2.16. The van der Waals surface area contributed by atoms with Crippen molar-refractivity contribution in [2.45, 2.75) is 11.8 Å². The monoisotopic (exact) mass is 299 g/mol. The fourth-order valence-corrected chi connectivity index (χ4v) is 2.90. The minimum absolute atomic E-state index is 0.134. The molecule has 0 aliphatic heterocycles. The van der Waals surface area contributed by atoms with Gasteiger partial charge in [0.1, 0.15) is 10.6 Å². The zero-order valence-corrected chi connectivity index (χ0v) is 12.2. The Kier molecular flexibility index (Phi) is 3.35. The van der Waals surface area contributed by atoms with Gasteiger partial charge in [0, 0.05) is 17.6 Å². The van der Waals surface area contributed by atoms with E-state index in [1.807, 2.05) is 19.1 Å². The second-order valence-electron chi connectivity index (χ2n) is 4.71. The van der Waals surface area contributed by atoms with Gasteiger partial charge in [-0.25, -0.2) is 0 Å². The SMILES string of the molecule is Cc1ccc(S(=O)(=O)Oc2ccc3cccnc3c2)cc1. The molecule has 21 heavy (non-hydrogen) atoms. The van der Waals surface area contributed by atoms with Gasteiger partial charge >= 0.3 is 10.1 Å². The van der Waals surface area contributed by atoms with E-state index in [0.717, 1.165) is 10.9 Å². The first-order valence-corrected chi connectivity index (χ1v) is 7.81. The number of nitrogens with zero attached hydrogens (tertiary/aromatic N) is 1. The van der Waals surface area contributed by atoms with Gasteiger partial charge in [0.25, 0.3) is 0 Å². The average Bonchev–Trinajstić information content (AvgIpc) is 2.47. The molecule has 0 atom stereocenters. The van der Waals surface area contributed by atoms with Gasteiger partial charge in [-0.1, -0.05) is 23.8 Å². The van der Waals surface area contributed by atoms with Crippen LogP contribution in [0.5, 0.6) is 5.75 Å². The molecule has 1 aromatic heterocycles. The third kappa shape index (κ3) is 2.87. The highest BCUT2D eigenvalue weighted by molar-refractivity contribution is 7.87. The first kappa shape index (κ1) is 13.6. The standard InChI is InChI=1S/C16H13NO3S/c1-12-4-8-15(9-5-12)21(18,19)20-14-7-6-13-3-2-10-17-16(13)11-14/h2-11H,1H3. The zero-order chi connectivity index (χ0) is 14.9. The average molecular weight is 299 g/mol. The highest BCUT2D eigenvalue weighted by Crippen LogP contribution is 2.22. The lowest BCUT2D eigenvalue weighted by molar-refractivity contribution is 0.486. The molecule has 0 amide bonds. The van der Waals surface area contributed by atoms with Crippen molar-refractivity contribution in [2.75, 3.05) is 0 Å². The zero-order valence-electron chi connectivity index (χ0n) is 11.4. The maximum atomic E-state index is 12.2. The smallest absolute Gasteiger partial charge is 0.339 e. The summed E-state index contributed by atoms with van der Waals surface area (Å²) in [4.78, 5) is 4.31. The Bertz CT molecular complexity index is 887. The Morgan fingerprint density at radius 2 is 1.76 bits per heavy atom. The molecular formula is C16H13NO3S. The van der Waals surface area contributed by atoms with E-state index in [4.69, 9.17) is 4.18 Å². The molecule has 5 heteroatoms. The summed E-state index contributed by atoms with van der Waals surface area (Å²) in [6, 6.07) is 15.3. The van der Waals surface area contributed by atoms with Crippen molar-refractivity contribution in [3.63, 3.8) is 0 Å². The van der Waals surface area contributed by atoms with Gasteiger partial charge in [0.2, 0.25) is 0 Å². The van der Waals surface area contributed by atoms with Gasteiger partial charge < -0.3 is 4.18 Å². The summed E-state index contributed by atoms with van der Waals surface area (Å²) in [6.07, 6.45) is 1.65. The van der Waals surface area contributed by atoms with E-state index in [2.05, 4.69) is 4.98 Å². The summed E-state index contributed by atoms with van der Waals surface area (Å²) < 4.78 is 29.6. The van der Waals surface area contributed by atoms with Crippen molar-refractivity contribution < 1.29 is 12.6 Å². The van der Waals surface area contributed by atoms with Crippen LogP contribution in [0.2, 0.25) is 0 Å². The van der Waals surface area contributed by atoms with Crippen molar-refractivity contribution in [3.8, 4) is 5.75 Å². The topological polar surface area (TPSA) is 56.3 Å². The summed E-state index contributed by atoms with van der Waals surface area (Å²) in [7, 11) is -3.83. The van der Waals surface area contributed by atoms with Crippen LogP contribution >= 0.6 is 0 Å². The quantitative estimate of drug-likeness (QED) is 0.696. The van der Waals surface area contributed by atoms with Crippen molar-refractivity contribution in [1.82, 2.24) is 4.98 Å². The molecular weight excluding hydrogens is 286 g/mol. The second-order valence-corrected chi connectivity index (χ2v) is 6.25. The Hall–Kier alpha value is -2.40. The number of aryl methyl sites for hydroxylation is 1. The number of pyridine rings is 1. The molecule has 0 radical (unpaired) electrons.